The molecule has 45 heavy (non-hydrogen) atoms. The number of aromatic nitrogens is 2. The quantitative estimate of drug-likeness (QED) is 0.0844. The highest BCUT2D eigenvalue weighted by Gasteiger charge is 2.15. The molecule has 0 amide bonds. The van der Waals surface area contributed by atoms with Gasteiger partial charge in [0, 0.05) is 11.6 Å². The van der Waals surface area contributed by atoms with Crippen LogP contribution in [0.5, 0.6) is 0 Å². The zero-order valence-electron chi connectivity index (χ0n) is 25.1. The van der Waals surface area contributed by atoms with Crippen molar-refractivity contribution in [1.82, 2.24) is 4.57 Å². The maximum Gasteiger partial charge on any atom is 0.294 e. The van der Waals surface area contributed by atoms with Crippen LogP contribution in [-0.4, -0.2) is 42.7 Å². The van der Waals surface area contributed by atoms with Crippen LogP contribution in [0.1, 0.15) is 22.3 Å². The Kier molecular flexibility index (Phi) is 11.3. The van der Waals surface area contributed by atoms with Gasteiger partial charge in [-0.1, -0.05) is 47.5 Å². The van der Waals surface area contributed by atoms with Gasteiger partial charge in [-0.05, 0) is 74.4 Å². The van der Waals surface area contributed by atoms with Crippen LogP contribution in [0.15, 0.2) is 117 Å². The smallest absolute Gasteiger partial charge is 0.294 e. The Morgan fingerprint density at radius 2 is 1.29 bits per heavy atom. The van der Waals surface area contributed by atoms with E-state index in [2.05, 4.69) is 69.8 Å². The van der Waals surface area contributed by atoms with E-state index in [1.54, 1.807) is 30.5 Å². The molecule has 2 aromatic heterocycles. The van der Waals surface area contributed by atoms with E-state index in [0.29, 0.717) is 0 Å². The molecule has 5 aromatic rings. The molecule has 236 valence electrons. The second-order valence-electron chi connectivity index (χ2n) is 9.99. The molecule has 0 aliphatic carbocycles. The third kappa shape index (κ3) is 10.4. The Morgan fingerprint density at radius 1 is 0.778 bits per heavy atom. The van der Waals surface area contributed by atoms with E-state index < -0.39 is 20.2 Å². The lowest BCUT2D eigenvalue weighted by atomic mass is 10.1. The minimum Gasteiger partial charge on any atom is -0.744 e. The van der Waals surface area contributed by atoms with Crippen LogP contribution in [0, 0.1) is 20.8 Å². The van der Waals surface area contributed by atoms with Crippen molar-refractivity contribution in [1.29, 1.82) is 0 Å². The van der Waals surface area contributed by atoms with Crippen molar-refractivity contribution in [2.75, 3.05) is 0 Å². The number of aryl methyl sites for hydroxylation is 4. The highest BCUT2D eigenvalue weighted by atomic mass is 32.2. The fraction of sp³-hybridized carbons (Fsp3) is 0.129. The van der Waals surface area contributed by atoms with Gasteiger partial charge in [-0.25, -0.2) is 17.4 Å². The first-order valence-electron chi connectivity index (χ1n) is 13.3. The maximum atomic E-state index is 10.5. The number of pyridine rings is 1. The van der Waals surface area contributed by atoms with Crippen LogP contribution >= 0.6 is 0 Å². The highest BCUT2D eigenvalue weighted by Crippen LogP contribution is 2.20. The van der Waals surface area contributed by atoms with E-state index in [-0.39, 0.29) is 15.8 Å². The van der Waals surface area contributed by atoms with E-state index in [4.69, 9.17) is 16.0 Å². The molecule has 0 unspecified atom stereocenters. The Labute approximate surface area is 262 Å². The molecule has 0 radical (unpaired) electrons. The normalized spacial score (nSPS) is 11.3. The van der Waals surface area contributed by atoms with Crippen LogP contribution in [0.2, 0.25) is 0 Å². The van der Waals surface area contributed by atoms with E-state index in [0.717, 1.165) is 33.6 Å². The lowest BCUT2D eigenvalue weighted by molar-refractivity contribution is -0.510. The number of fused-ring (bicyclic) bond motifs is 1. The van der Waals surface area contributed by atoms with Gasteiger partial charge < -0.3 is 16.0 Å². The Bertz CT molecular complexity index is 1960. The molecule has 12 nitrogen and oxygen atoms in total. The maximum absolute atomic E-state index is 10.5. The molecule has 14 heteroatoms. The number of hydrogen-bond acceptors (Lipinski definition) is 7. The van der Waals surface area contributed by atoms with E-state index in [1.807, 2.05) is 26.0 Å². The Morgan fingerprint density at radius 3 is 1.78 bits per heavy atom. The van der Waals surface area contributed by atoms with Crippen LogP contribution in [-0.2, 0) is 27.3 Å². The predicted octanol–water partition coefficient (Wildman–Crippen LogP) is 3.49. The number of nitrogens with two attached hydrogens (primary N) is 2. The van der Waals surface area contributed by atoms with Gasteiger partial charge in [0.2, 0.25) is 5.96 Å². The van der Waals surface area contributed by atoms with Gasteiger partial charge in [0.05, 0.1) is 29.3 Å². The molecule has 0 bridgehead atoms. The lowest BCUT2D eigenvalue weighted by Gasteiger charge is -2.05. The fourth-order valence-corrected chi connectivity index (χ4v) is 4.89. The Balaban J connectivity index is 0.000000210. The summed E-state index contributed by atoms with van der Waals surface area (Å²) in [6.45, 7) is 5.75. The molecule has 0 saturated heterocycles. The van der Waals surface area contributed by atoms with Crippen LogP contribution < -0.4 is 15.9 Å². The van der Waals surface area contributed by atoms with Gasteiger partial charge in [-0.2, -0.15) is 13.5 Å². The molecular formula is C31H34N6O6S2. The van der Waals surface area contributed by atoms with Gasteiger partial charge in [0.1, 0.15) is 16.3 Å². The largest absolute Gasteiger partial charge is 0.744 e. The van der Waals surface area contributed by atoms with Crippen LogP contribution in [0.25, 0.3) is 16.9 Å². The van der Waals surface area contributed by atoms with Crippen molar-refractivity contribution in [2.45, 2.75) is 30.6 Å². The summed E-state index contributed by atoms with van der Waals surface area (Å²) in [7, 11) is -6.23. The SMILES string of the molecule is Cc1ccc(S(=O)(=O)O)cc1.Cc1ccc(S(=O)(=O)[O-])cc1.Cc1ccc2n(C)c(-c3ccc(/C=N/N=C(N)N)cc3)c[n+]2c1. The summed E-state index contributed by atoms with van der Waals surface area (Å²) < 4.78 is 65.0. The van der Waals surface area contributed by atoms with Crippen LogP contribution in [0.3, 0.4) is 0 Å². The number of hydrogen-bond donors (Lipinski definition) is 3. The first-order chi connectivity index (χ1) is 21.0. The van der Waals surface area contributed by atoms with Gasteiger partial charge in [-0.15, -0.1) is 5.10 Å². The van der Waals surface area contributed by atoms with Crippen molar-refractivity contribution in [3.63, 3.8) is 0 Å². The molecule has 0 fully saturated rings. The molecule has 2 heterocycles. The highest BCUT2D eigenvalue weighted by molar-refractivity contribution is 7.86. The summed E-state index contributed by atoms with van der Waals surface area (Å²) in [6, 6.07) is 24.1. The molecular weight excluding hydrogens is 617 g/mol. The zero-order valence-corrected chi connectivity index (χ0v) is 26.7. The van der Waals surface area contributed by atoms with E-state index in [1.165, 1.54) is 29.8 Å². The van der Waals surface area contributed by atoms with Gasteiger partial charge in [0.15, 0.2) is 5.69 Å². The number of imidazole rings is 1. The molecule has 0 aliphatic heterocycles. The minimum absolute atomic E-state index is 0.0549. The average molecular weight is 651 g/mol. The summed E-state index contributed by atoms with van der Waals surface area (Å²) in [5.41, 5.74) is 17.9. The third-order valence-corrected chi connectivity index (χ3v) is 8.00. The number of benzene rings is 3. The second kappa shape index (κ2) is 14.7. The summed E-state index contributed by atoms with van der Waals surface area (Å²) in [5, 5.41) is 7.40. The number of guanidine groups is 1. The standard InChI is InChI=1S/C17H19N6.2C7H8O3S/c1-12-3-8-16-22(2)15(11-23(16)10-12)14-6-4-13(5-7-14)9-20-21-17(18)19;2*1-6-2-4-7(5-3-6)11(8,9)10/h3-11H,1-2H3,(H4,18,19,21);2*2-5H,1H3,(H,8,9,10)/q+1;;/p-1/b20-9+;;. The molecule has 0 aliphatic rings. The molecule has 0 atom stereocenters. The van der Waals surface area contributed by atoms with Gasteiger partial charge >= 0.3 is 0 Å². The third-order valence-electron chi connectivity index (χ3n) is 6.28. The van der Waals surface area contributed by atoms with Crippen molar-refractivity contribution >= 4 is 38.1 Å². The Hall–Kier alpha value is -4.89. The van der Waals surface area contributed by atoms with Crippen molar-refractivity contribution in [3.05, 3.63) is 120 Å². The zero-order chi connectivity index (χ0) is 33.4. The summed E-state index contributed by atoms with van der Waals surface area (Å²) in [5.74, 6) is -0.0549. The molecule has 3 aromatic carbocycles. The lowest BCUT2D eigenvalue weighted by Crippen LogP contribution is -2.21. The van der Waals surface area contributed by atoms with Gasteiger partial charge in [0.25, 0.3) is 15.8 Å². The van der Waals surface area contributed by atoms with Crippen molar-refractivity contribution < 1.29 is 30.3 Å². The topological polar surface area (TPSA) is 197 Å². The van der Waals surface area contributed by atoms with Crippen molar-refractivity contribution in [3.8, 4) is 11.3 Å². The first-order valence-corrected chi connectivity index (χ1v) is 16.2. The predicted molar refractivity (Wildman–Crippen MR) is 172 cm³/mol. The second-order valence-corrected chi connectivity index (χ2v) is 12.8. The van der Waals surface area contributed by atoms with Crippen molar-refractivity contribution in [2.24, 2.45) is 28.7 Å². The minimum atomic E-state index is -4.27. The first kappa shape index (κ1) is 34.6. The van der Waals surface area contributed by atoms with E-state index in [9.17, 15) is 21.4 Å². The summed E-state index contributed by atoms with van der Waals surface area (Å²) in [4.78, 5) is -0.244. The van der Waals surface area contributed by atoms with E-state index >= 15 is 0 Å². The summed E-state index contributed by atoms with van der Waals surface area (Å²) >= 11 is 0. The van der Waals surface area contributed by atoms with Crippen LogP contribution in [0.4, 0.5) is 0 Å². The molecule has 5 rings (SSSR count). The average Bonchev–Trinajstić information content (AvgIpc) is 3.28. The summed E-state index contributed by atoms with van der Waals surface area (Å²) in [6.07, 6.45) is 5.86. The fourth-order valence-electron chi connectivity index (χ4n) is 3.94. The number of nitrogens with zero attached hydrogens (tertiary/aromatic N) is 4. The molecule has 5 N–H and O–H groups in total. The monoisotopic (exact) mass is 650 g/mol. The molecule has 0 spiro atoms. The number of rotatable bonds is 5. The molecule has 0 saturated carbocycles. The van der Waals surface area contributed by atoms with Gasteiger partial charge in [-0.3, -0.25) is 4.55 Å².